The number of rotatable bonds is 2. The van der Waals surface area contributed by atoms with Gasteiger partial charge in [0.2, 0.25) is 0 Å². The van der Waals surface area contributed by atoms with Crippen molar-refractivity contribution in [2.24, 2.45) is 5.92 Å². The summed E-state index contributed by atoms with van der Waals surface area (Å²) in [6.07, 6.45) is 2.40. The molecule has 1 atom stereocenters. The third kappa shape index (κ3) is 2.26. The number of amides is 1. The van der Waals surface area contributed by atoms with Crippen molar-refractivity contribution in [3.63, 3.8) is 0 Å². The Kier molecular flexibility index (Phi) is 2.96. The van der Waals surface area contributed by atoms with E-state index in [9.17, 15) is 4.79 Å². The summed E-state index contributed by atoms with van der Waals surface area (Å²) in [4.78, 5) is 14.4. The van der Waals surface area contributed by atoms with Crippen LogP contribution in [-0.4, -0.2) is 36.5 Å². The van der Waals surface area contributed by atoms with Gasteiger partial charge < -0.3 is 14.6 Å². The average Bonchev–Trinajstić information content (AvgIpc) is 2.77. The summed E-state index contributed by atoms with van der Waals surface area (Å²) in [6.45, 7) is 3.35. The highest BCUT2D eigenvalue weighted by atomic mass is 79.9. The molecule has 2 bridgehead atoms. The minimum Gasteiger partial charge on any atom is -0.444 e. The number of hydrogen-bond acceptors (Lipinski definition) is 3. The summed E-state index contributed by atoms with van der Waals surface area (Å²) in [6, 6.07) is 3.72. The van der Waals surface area contributed by atoms with Crippen LogP contribution in [-0.2, 0) is 0 Å². The molecule has 3 fully saturated rings. The second-order valence-electron chi connectivity index (χ2n) is 4.82. The number of fused-ring (bicyclic) bond motifs is 3. The Morgan fingerprint density at radius 1 is 1.41 bits per heavy atom. The van der Waals surface area contributed by atoms with E-state index in [2.05, 4.69) is 26.1 Å². The lowest BCUT2D eigenvalue weighted by atomic mass is 9.84. The van der Waals surface area contributed by atoms with Crippen molar-refractivity contribution in [2.75, 3.05) is 19.6 Å². The SMILES string of the molecule is O=C(N[C@H]1CN2CCC1CC2)c1ccc(Br)o1. The second-order valence-corrected chi connectivity index (χ2v) is 5.60. The maximum atomic E-state index is 12.0. The summed E-state index contributed by atoms with van der Waals surface area (Å²) < 4.78 is 5.85. The van der Waals surface area contributed by atoms with E-state index in [1.54, 1.807) is 12.1 Å². The topological polar surface area (TPSA) is 45.5 Å². The fourth-order valence-electron chi connectivity index (χ4n) is 2.80. The van der Waals surface area contributed by atoms with Crippen LogP contribution in [0.3, 0.4) is 0 Å². The van der Waals surface area contributed by atoms with Crippen molar-refractivity contribution in [3.05, 3.63) is 22.6 Å². The molecule has 4 heterocycles. The maximum Gasteiger partial charge on any atom is 0.287 e. The van der Waals surface area contributed by atoms with E-state index in [1.807, 2.05) is 0 Å². The molecule has 5 heteroatoms. The van der Waals surface area contributed by atoms with Crippen LogP contribution >= 0.6 is 15.9 Å². The molecule has 17 heavy (non-hydrogen) atoms. The maximum absolute atomic E-state index is 12.0. The minimum atomic E-state index is -0.102. The summed E-state index contributed by atoms with van der Waals surface area (Å²) in [7, 11) is 0. The van der Waals surface area contributed by atoms with E-state index < -0.39 is 0 Å². The first kappa shape index (κ1) is 11.3. The predicted octanol–water partition coefficient (Wildman–Crippen LogP) is 1.87. The number of nitrogens with one attached hydrogen (secondary N) is 1. The van der Waals surface area contributed by atoms with Gasteiger partial charge in [0.1, 0.15) is 0 Å². The first-order valence-electron chi connectivity index (χ1n) is 6.01. The van der Waals surface area contributed by atoms with Crippen LogP contribution in [0, 0.1) is 5.92 Å². The van der Waals surface area contributed by atoms with Gasteiger partial charge in [-0.25, -0.2) is 0 Å². The Hall–Kier alpha value is -0.810. The van der Waals surface area contributed by atoms with Crippen LogP contribution in [0.1, 0.15) is 23.4 Å². The van der Waals surface area contributed by atoms with Crippen molar-refractivity contribution < 1.29 is 9.21 Å². The number of carbonyl (C=O) groups is 1. The monoisotopic (exact) mass is 298 g/mol. The van der Waals surface area contributed by atoms with Crippen molar-refractivity contribution in [2.45, 2.75) is 18.9 Å². The lowest BCUT2D eigenvalue weighted by Crippen LogP contribution is -2.57. The summed E-state index contributed by atoms with van der Waals surface area (Å²) in [5.41, 5.74) is 0. The summed E-state index contributed by atoms with van der Waals surface area (Å²) in [5, 5.41) is 3.08. The molecule has 3 aliphatic heterocycles. The lowest BCUT2D eigenvalue weighted by Gasteiger charge is -2.44. The van der Waals surface area contributed by atoms with Crippen molar-refractivity contribution >= 4 is 21.8 Å². The third-order valence-electron chi connectivity index (χ3n) is 3.77. The van der Waals surface area contributed by atoms with Gasteiger partial charge in [0, 0.05) is 12.6 Å². The molecule has 3 saturated heterocycles. The Morgan fingerprint density at radius 3 is 2.71 bits per heavy atom. The van der Waals surface area contributed by atoms with E-state index in [1.165, 1.54) is 25.9 Å². The Morgan fingerprint density at radius 2 is 2.18 bits per heavy atom. The molecular weight excluding hydrogens is 284 g/mol. The van der Waals surface area contributed by atoms with Crippen molar-refractivity contribution in [1.82, 2.24) is 10.2 Å². The van der Waals surface area contributed by atoms with Gasteiger partial charge in [-0.3, -0.25) is 4.79 Å². The molecule has 3 aliphatic rings. The molecule has 1 N–H and O–H groups in total. The first-order chi connectivity index (χ1) is 8.22. The number of carbonyl (C=O) groups excluding carboxylic acids is 1. The van der Waals surface area contributed by atoms with Gasteiger partial charge in [-0.2, -0.15) is 0 Å². The highest BCUT2D eigenvalue weighted by Gasteiger charge is 2.35. The van der Waals surface area contributed by atoms with Crippen LogP contribution in [0.4, 0.5) is 0 Å². The molecule has 0 unspecified atom stereocenters. The Bertz CT molecular complexity index is 424. The zero-order valence-corrected chi connectivity index (χ0v) is 11.1. The highest BCUT2D eigenvalue weighted by molar-refractivity contribution is 9.10. The van der Waals surface area contributed by atoms with Crippen LogP contribution in [0.25, 0.3) is 0 Å². The largest absolute Gasteiger partial charge is 0.444 e. The van der Waals surface area contributed by atoms with E-state index in [4.69, 9.17) is 4.42 Å². The minimum absolute atomic E-state index is 0.102. The molecule has 1 amide bonds. The standard InChI is InChI=1S/C12H15BrN2O2/c13-11-2-1-10(17-11)12(16)14-9-7-15-5-3-8(9)4-6-15/h1-2,8-9H,3-7H2,(H,14,16)/t9-/m0/s1. The molecule has 0 aromatic carbocycles. The fraction of sp³-hybridized carbons (Fsp3) is 0.583. The van der Waals surface area contributed by atoms with Gasteiger partial charge in [-0.1, -0.05) is 0 Å². The highest BCUT2D eigenvalue weighted by Crippen LogP contribution is 2.27. The normalized spacial score (nSPS) is 31.5. The number of piperidine rings is 3. The molecule has 0 spiro atoms. The fourth-order valence-corrected chi connectivity index (χ4v) is 3.11. The molecule has 4 nitrogen and oxygen atoms in total. The van der Waals surface area contributed by atoms with Crippen molar-refractivity contribution in [3.8, 4) is 0 Å². The van der Waals surface area contributed by atoms with Crippen LogP contribution in [0.5, 0.6) is 0 Å². The summed E-state index contributed by atoms with van der Waals surface area (Å²) >= 11 is 3.20. The van der Waals surface area contributed by atoms with Crippen LogP contribution in [0.15, 0.2) is 21.2 Å². The van der Waals surface area contributed by atoms with E-state index in [0.29, 0.717) is 16.3 Å². The molecular formula is C12H15BrN2O2. The molecule has 1 aromatic heterocycles. The zero-order chi connectivity index (χ0) is 11.8. The number of halogens is 1. The van der Waals surface area contributed by atoms with Crippen LogP contribution in [0.2, 0.25) is 0 Å². The van der Waals surface area contributed by atoms with Crippen LogP contribution < -0.4 is 5.32 Å². The number of furan rings is 1. The Balaban J connectivity index is 1.65. The predicted molar refractivity (Wildman–Crippen MR) is 66.8 cm³/mol. The Labute approximate surface area is 108 Å². The molecule has 0 radical (unpaired) electrons. The quantitative estimate of drug-likeness (QED) is 0.907. The lowest BCUT2D eigenvalue weighted by molar-refractivity contribution is 0.0605. The van der Waals surface area contributed by atoms with Gasteiger partial charge in [0.25, 0.3) is 5.91 Å². The van der Waals surface area contributed by atoms with Gasteiger partial charge in [-0.05, 0) is 59.9 Å². The first-order valence-corrected chi connectivity index (χ1v) is 6.80. The van der Waals surface area contributed by atoms with Crippen molar-refractivity contribution in [1.29, 1.82) is 0 Å². The summed E-state index contributed by atoms with van der Waals surface area (Å²) in [5.74, 6) is 0.921. The smallest absolute Gasteiger partial charge is 0.287 e. The van der Waals surface area contributed by atoms with E-state index >= 15 is 0 Å². The molecule has 92 valence electrons. The second kappa shape index (κ2) is 4.46. The number of nitrogens with zero attached hydrogens (tertiary/aromatic N) is 1. The third-order valence-corrected chi connectivity index (χ3v) is 4.20. The average molecular weight is 299 g/mol. The molecule has 0 saturated carbocycles. The number of hydrogen-bond donors (Lipinski definition) is 1. The van der Waals surface area contributed by atoms with Gasteiger partial charge in [0.15, 0.2) is 10.4 Å². The van der Waals surface area contributed by atoms with E-state index in [0.717, 1.165) is 6.54 Å². The van der Waals surface area contributed by atoms with E-state index in [-0.39, 0.29) is 11.9 Å². The van der Waals surface area contributed by atoms with Gasteiger partial charge >= 0.3 is 0 Å². The molecule has 4 rings (SSSR count). The molecule has 1 aromatic rings. The van der Waals surface area contributed by atoms with Gasteiger partial charge in [0.05, 0.1) is 0 Å². The molecule has 0 aliphatic carbocycles. The zero-order valence-electron chi connectivity index (χ0n) is 9.49. The van der Waals surface area contributed by atoms with Gasteiger partial charge in [-0.15, -0.1) is 0 Å².